The van der Waals surface area contributed by atoms with Gasteiger partial charge < -0.3 is 19.5 Å². The molecule has 0 saturated heterocycles. The molecule has 228 valence electrons. The van der Waals surface area contributed by atoms with Gasteiger partial charge in [0, 0.05) is 35.2 Å². The smallest absolute Gasteiger partial charge is 0.260 e. The zero-order valence-electron chi connectivity index (χ0n) is 24.8. The van der Waals surface area contributed by atoms with Crippen molar-refractivity contribution in [3.63, 3.8) is 0 Å². The molecule has 2 aliphatic carbocycles. The number of pyridine rings is 1. The summed E-state index contributed by atoms with van der Waals surface area (Å²) in [5.41, 5.74) is 1.46. The molecule has 2 aromatic heterocycles. The highest BCUT2D eigenvalue weighted by Gasteiger charge is 2.65. The number of hydrogen-bond acceptors (Lipinski definition) is 6. The molecule has 1 spiro atoms. The Morgan fingerprint density at radius 1 is 1.07 bits per heavy atom. The van der Waals surface area contributed by atoms with E-state index in [1.165, 1.54) is 25.3 Å². The lowest BCUT2D eigenvalue weighted by atomic mass is 9.94. The first-order valence-electron chi connectivity index (χ1n) is 15.1. The maximum Gasteiger partial charge on any atom is 0.260 e. The second-order valence-electron chi connectivity index (χ2n) is 12.6. The molecule has 0 bridgehead atoms. The van der Waals surface area contributed by atoms with Crippen LogP contribution in [0, 0.1) is 30.4 Å². The van der Waals surface area contributed by atoms with E-state index >= 15 is 4.39 Å². The maximum absolute atomic E-state index is 16.5. The molecule has 2 aliphatic heterocycles. The van der Waals surface area contributed by atoms with Gasteiger partial charge in [0.25, 0.3) is 11.5 Å². The largest absolute Gasteiger partial charge is 0.496 e. The number of rotatable bonds is 5. The minimum atomic E-state index is -0.667. The highest BCUT2D eigenvalue weighted by Crippen LogP contribution is 2.58. The number of methoxy groups -OCH3 is 1. The van der Waals surface area contributed by atoms with Crippen LogP contribution in [0.1, 0.15) is 28.8 Å². The number of aryl methyl sites for hydroxylation is 1. The van der Waals surface area contributed by atoms with Crippen LogP contribution >= 0.6 is 0 Å². The highest BCUT2D eigenvalue weighted by molar-refractivity contribution is 6.15. The maximum atomic E-state index is 16.5. The van der Waals surface area contributed by atoms with Gasteiger partial charge in [0.15, 0.2) is 0 Å². The van der Waals surface area contributed by atoms with Crippen molar-refractivity contribution in [3.05, 3.63) is 100 Å². The first-order valence-corrected chi connectivity index (χ1v) is 15.1. The number of aliphatic imine (C=N–C) groups is 2. The quantitative estimate of drug-likeness (QED) is 0.234. The van der Waals surface area contributed by atoms with Crippen molar-refractivity contribution in [3.8, 4) is 16.9 Å². The van der Waals surface area contributed by atoms with E-state index in [4.69, 9.17) is 14.1 Å². The fourth-order valence-electron chi connectivity index (χ4n) is 7.30. The Labute approximate surface area is 260 Å². The SMILES string of the molecule is COc1cc(C)c(-c2ccc3oc4c5ccc(F)cc5[nH]c(=O)c4c3c2F)cc1C(=O)NC1(C2=NC34C=NC=CC3C4C=C2)CC1. The van der Waals surface area contributed by atoms with E-state index in [2.05, 4.69) is 27.4 Å². The molecule has 3 aromatic carbocycles. The first kappa shape index (κ1) is 27.0. The summed E-state index contributed by atoms with van der Waals surface area (Å²) < 4.78 is 41.9. The number of ether oxygens (including phenoxy) is 1. The summed E-state index contributed by atoms with van der Waals surface area (Å²) >= 11 is 0. The second kappa shape index (κ2) is 9.09. The zero-order chi connectivity index (χ0) is 31.5. The number of aromatic amines is 1. The van der Waals surface area contributed by atoms with Gasteiger partial charge in [0.2, 0.25) is 0 Å². The van der Waals surface area contributed by atoms with Crippen LogP contribution in [0.4, 0.5) is 8.78 Å². The van der Waals surface area contributed by atoms with Crippen molar-refractivity contribution >= 4 is 50.7 Å². The Kier molecular flexibility index (Phi) is 5.33. The number of H-pyrrole nitrogens is 1. The van der Waals surface area contributed by atoms with Crippen LogP contribution in [0.3, 0.4) is 0 Å². The molecule has 8 nitrogen and oxygen atoms in total. The minimum Gasteiger partial charge on any atom is -0.496 e. The number of amides is 1. The van der Waals surface area contributed by atoms with Crippen LogP contribution in [0.5, 0.6) is 5.75 Å². The molecule has 2 N–H and O–H groups in total. The molecular weight excluding hydrogens is 590 g/mol. The van der Waals surface area contributed by atoms with Crippen LogP contribution in [-0.2, 0) is 0 Å². The number of fused-ring (bicyclic) bond motifs is 6. The first-order chi connectivity index (χ1) is 22.2. The number of halogens is 2. The predicted octanol–water partition coefficient (Wildman–Crippen LogP) is 6.55. The second-order valence-corrected chi connectivity index (χ2v) is 12.6. The van der Waals surface area contributed by atoms with Crippen LogP contribution in [0.15, 0.2) is 86.1 Å². The van der Waals surface area contributed by atoms with Crippen molar-refractivity contribution in [1.82, 2.24) is 10.3 Å². The van der Waals surface area contributed by atoms with Crippen molar-refractivity contribution in [2.45, 2.75) is 30.8 Å². The minimum absolute atomic E-state index is 0.0115. The third-order valence-electron chi connectivity index (χ3n) is 9.95. The molecule has 3 unspecified atom stereocenters. The summed E-state index contributed by atoms with van der Waals surface area (Å²) in [5.74, 6) is -0.602. The number of hydrogen-bond donors (Lipinski definition) is 2. The predicted molar refractivity (Wildman–Crippen MR) is 172 cm³/mol. The van der Waals surface area contributed by atoms with Gasteiger partial charge in [-0.05, 0) is 79.4 Å². The molecule has 9 rings (SSSR count). The summed E-state index contributed by atoms with van der Waals surface area (Å²) in [6, 6.07) is 10.4. The van der Waals surface area contributed by atoms with E-state index in [1.807, 2.05) is 18.5 Å². The van der Waals surface area contributed by atoms with Crippen molar-refractivity contribution in [2.75, 3.05) is 7.11 Å². The third kappa shape index (κ3) is 3.64. The van der Waals surface area contributed by atoms with Gasteiger partial charge in [-0.2, -0.15) is 0 Å². The van der Waals surface area contributed by atoms with E-state index in [9.17, 15) is 14.0 Å². The van der Waals surface area contributed by atoms with E-state index in [0.29, 0.717) is 34.1 Å². The van der Waals surface area contributed by atoms with Crippen LogP contribution in [0.25, 0.3) is 44.0 Å². The third-order valence-corrected chi connectivity index (χ3v) is 9.95. The Morgan fingerprint density at radius 2 is 1.89 bits per heavy atom. The standard InChI is InChI=1S/C36H26F2N4O4/c1-17-13-27(45-2)22(33(43)42-35(10-11-35)28-8-6-23-24-9-12-39-16-36(23,24)41-28)15-21(17)19-5-7-26-29(31(19)38)30-32(46-26)20-4-3-18(37)14-25(20)40-34(30)44/h3-9,12-16,23-24H,10-11H2,1-2H3,(H,40,44)(H,42,43). The number of carbonyl (C=O) groups excluding carboxylic acids is 1. The van der Waals surface area contributed by atoms with Crippen LogP contribution < -0.4 is 15.6 Å². The summed E-state index contributed by atoms with van der Waals surface area (Å²) in [6.07, 6.45) is 11.5. The average molecular weight is 617 g/mol. The molecule has 46 heavy (non-hydrogen) atoms. The van der Waals surface area contributed by atoms with Crippen LogP contribution in [0.2, 0.25) is 0 Å². The molecule has 2 fully saturated rings. The lowest BCUT2D eigenvalue weighted by Gasteiger charge is -2.23. The van der Waals surface area contributed by atoms with Gasteiger partial charge in [-0.25, -0.2) is 8.78 Å². The lowest BCUT2D eigenvalue weighted by molar-refractivity contribution is 0.0940. The van der Waals surface area contributed by atoms with Crippen LogP contribution in [-0.4, -0.2) is 41.0 Å². The monoisotopic (exact) mass is 616 g/mol. The topological polar surface area (TPSA) is 109 Å². The molecule has 4 heterocycles. The van der Waals surface area contributed by atoms with Gasteiger partial charge >= 0.3 is 0 Å². The Balaban J connectivity index is 1.12. The summed E-state index contributed by atoms with van der Waals surface area (Å²) in [4.78, 5) is 39.1. The van der Waals surface area contributed by atoms with E-state index in [1.54, 1.807) is 31.2 Å². The van der Waals surface area contributed by atoms with E-state index in [0.717, 1.165) is 18.6 Å². The highest BCUT2D eigenvalue weighted by atomic mass is 19.1. The van der Waals surface area contributed by atoms with Gasteiger partial charge in [0.1, 0.15) is 34.1 Å². The summed E-state index contributed by atoms with van der Waals surface area (Å²) in [6.45, 7) is 1.80. The Morgan fingerprint density at radius 3 is 2.70 bits per heavy atom. The van der Waals surface area contributed by atoms with Crippen molar-refractivity contribution in [2.24, 2.45) is 21.8 Å². The van der Waals surface area contributed by atoms with Gasteiger partial charge in [-0.1, -0.05) is 12.2 Å². The number of dihydropyridines is 1. The average Bonchev–Trinajstić information content (AvgIpc) is 3.92. The molecule has 3 atom stereocenters. The fourth-order valence-corrected chi connectivity index (χ4v) is 7.30. The van der Waals surface area contributed by atoms with Crippen molar-refractivity contribution in [1.29, 1.82) is 0 Å². The molecule has 1 amide bonds. The number of furan rings is 1. The van der Waals surface area contributed by atoms with Gasteiger partial charge in [0.05, 0.1) is 40.2 Å². The van der Waals surface area contributed by atoms with Crippen molar-refractivity contribution < 1.29 is 22.7 Å². The number of benzene rings is 3. The summed E-state index contributed by atoms with van der Waals surface area (Å²) in [7, 11) is 1.49. The molecular formula is C36H26F2N4O4. The fraction of sp³-hybridized carbons (Fsp3) is 0.222. The molecule has 5 aromatic rings. The van der Waals surface area contributed by atoms with Gasteiger partial charge in [-0.15, -0.1) is 0 Å². The zero-order valence-corrected chi connectivity index (χ0v) is 24.8. The van der Waals surface area contributed by atoms with Gasteiger partial charge in [-0.3, -0.25) is 19.6 Å². The Bertz CT molecular complexity index is 2390. The lowest BCUT2D eigenvalue weighted by Crippen LogP contribution is -2.44. The normalized spacial score (nSPS) is 23.3. The summed E-state index contributed by atoms with van der Waals surface area (Å²) in [5, 5.41) is 3.71. The number of nitrogens with zero attached hydrogens (tertiary/aromatic N) is 2. The number of carbonyl (C=O) groups is 1. The van der Waals surface area contributed by atoms with E-state index in [-0.39, 0.29) is 50.0 Å². The number of aromatic nitrogens is 1. The Hall–Kier alpha value is -5.38. The molecule has 2 saturated carbocycles. The molecule has 10 heteroatoms. The number of nitrogens with one attached hydrogen (secondary N) is 2. The molecule has 0 radical (unpaired) electrons. The van der Waals surface area contributed by atoms with E-state index < -0.39 is 22.7 Å². The molecule has 4 aliphatic rings.